The predicted octanol–water partition coefficient (Wildman–Crippen LogP) is 1.20. The topological polar surface area (TPSA) is 102 Å². The van der Waals surface area contributed by atoms with Gasteiger partial charge in [0.2, 0.25) is 21.8 Å². The van der Waals surface area contributed by atoms with Gasteiger partial charge in [-0.05, 0) is 38.0 Å². The molecule has 1 aliphatic carbocycles. The third-order valence-electron chi connectivity index (χ3n) is 5.90. The number of hydrogen-bond acceptors (Lipinski definition) is 6. The van der Waals surface area contributed by atoms with Crippen molar-refractivity contribution in [3.8, 4) is 0 Å². The number of sulfonamides is 1. The van der Waals surface area contributed by atoms with Gasteiger partial charge in [-0.25, -0.2) is 12.7 Å². The fraction of sp³-hybridized carbons (Fsp3) is 0.619. The van der Waals surface area contributed by atoms with Crippen LogP contribution in [-0.2, 0) is 19.6 Å². The molecule has 1 saturated heterocycles. The lowest BCUT2D eigenvalue weighted by Crippen LogP contribution is -2.54. The summed E-state index contributed by atoms with van der Waals surface area (Å²) < 4.78 is 25.7. The van der Waals surface area contributed by atoms with E-state index in [1.54, 1.807) is 0 Å². The number of nitrogens with zero attached hydrogens (tertiary/aromatic N) is 3. The second-order valence-electron chi connectivity index (χ2n) is 8.56. The monoisotopic (exact) mass is 485 g/mol. The van der Waals surface area contributed by atoms with Crippen LogP contribution in [0.5, 0.6) is 0 Å². The summed E-state index contributed by atoms with van der Waals surface area (Å²) in [5.41, 5.74) is 0.278. The molecular weight excluding hydrogens is 454 g/mol. The van der Waals surface area contributed by atoms with Crippen molar-refractivity contribution in [2.24, 2.45) is 0 Å². The van der Waals surface area contributed by atoms with Gasteiger partial charge in [0.05, 0.1) is 21.6 Å². The van der Waals surface area contributed by atoms with Crippen molar-refractivity contribution in [2.45, 2.75) is 43.2 Å². The number of carbonyl (C=O) groups is 2. The number of rotatable bonds is 9. The minimum atomic E-state index is -3.62. The Morgan fingerprint density at radius 2 is 1.84 bits per heavy atom. The van der Waals surface area contributed by atoms with Crippen molar-refractivity contribution in [2.75, 3.05) is 52.1 Å². The highest BCUT2D eigenvalue weighted by Crippen LogP contribution is 2.26. The van der Waals surface area contributed by atoms with Gasteiger partial charge in [-0.3, -0.25) is 14.5 Å². The maximum atomic E-state index is 12.5. The standard InChI is InChI=1S/C21H32ClN5O4S/c1-15(21(29)23-16-4-5-16)27-12-10-26(11-13-27)9-8-20(28)24-19-14-17(6-7-18(19)22)32(30,31)25(2)3/h6-7,14-16H,4-5,8-13H2,1-3H3,(H,23,29)(H,24,28). The summed E-state index contributed by atoms with van der Waals surface area (Å²) in [4.78, 5) is 29.1. The van der Waals surface area contributed by atoms with Crippen LogP contribution in [0.3, 0.4) is 0 Å². The molecule has 1 unspecified atom stereocenters. The molecule has 32 heavy (non-hydrogen) atoms. The second-order valence-corrected chi connectivity index (χ2v) is 11.1. The average Bonchev–Trinajstić information content (AvgIpc) is 3.57. The predicted molar refractivity (Wildman–Crippen MR) is 124 cm³/mol. The number of nitrogens with one attached hydrogen (secondary N) is 2. The van der Waals surface area contributed by atoms with Crippen LogP contribution in [0, 0.1) is 0 Å². The van der Waals surface area contributed by atoms with E-state index in [1.165, 1.54) is 32.3 Å². The second kappa shape index (κ2) is 10.5. The zero-order valence-corrected chi connectivity index (χ0v) is 20.4. The number of amides is 2. The highest BCUT2D eigenvalue weighted by Gasteiger charge is 2.30. The molecule has 2 aliphatic rings. The first kappa shape index (κ1) is 24.9. The molecule has 1 aliphatic heterocycles. The fourth-order valence-electron chi connectivity index (χ4n) is 3.53. The molecule has 3 rings (SSSR count). The maximum absolute atomic E-state index is 12.5. The number of piperazine rings is 1. The first-order chi connectivity index (χ1) is 15.1. The Morgan fingerprint density at radius 3 is 2.44 bits per heavy atom. The van der Waals surface area contributed by atoms with E-state index >= 15 is 0 Å². The molecule has 1 aromatic rings. The smallest absolute Gasteiger partial charge is 0.242 e. The Labute approximate surface area is 195 Å². The van der Waals surface area contributed by atoms with Crippen LogP contribution in [0.4, 0.5) is 5.69 Å². The van der Waals surface area contributed by atoms with Crippen molar-refractivity contribution in [3.63, 3.8) is 0 Å². The lowest BCUT2D eigenvalue weighted by Gasteiger charge is -2.37. The van der Waals surface area contributed by atoms with E-state index in [2.05, 4.69) is 20.4 Å². The highest BCUT2D eigenvalue weighted by molar-refractivity contribution is 7.89. The normalized spacial score (nSPS) is 19.0. The molecule has 1 saturated carbocycles. The van der Waals surface area contributed by atoms with E-state index in [0.29, 0.717) is 12.6 Å². The van der Waals surface area contributed by atoms with Crippen molar-refractivity contribution in [3.05, 3.63) is 23.2 Å². The Kier molecular flexibility index (Phi) is 8.16. The number of carbonyl (C=O) groups excluding carboxylic acids is 2. The summed E-state index contributed by atoms with van der Waals surface area (Å²) in [6.45, 7) is 5.64. The quantitative estimate of drug-likeness (QED) is 0.545. The number of halogens is 1. The minimum absolute atomic E-state index is 0.0677. The molecule has 0 aromatic heterocycles. The van der Waals surface area contributed by atoms with E-state index in [0.717, 1.165) is 43.3 Å². The van der Waals surface area contributed by atoms with Crippen molar-refractivity contribution >= 4 is 39.1 Å². The number of benzene rings is 1. The first-order valence-electron chi connectivity index (χ1n) is 10.9. The van der Waals surface area contributed by atoms with Gasteiger partial charge in [-0.15, -0.1) is 0 Å². The molecule has 2 fully saturated rings. The van der Waals surface area contributed by atoms with E-state index in [4.69, 9.17) is 11.6 Å². The van der Waals surface area contributed by atoms with Gasteiger partial charge < -0.3 is 15.5 Å². The Bertz CT molecular complexity index is 944. The summed E-state index contributed by atoms with van der Waals surface area (Å²) in [5.74, 6) is -0.137. The van der Waals surface area contributed by atoms with Gasteiger partial charge in [-0.2, -0.15) is 0 Å². The van der Waals surface area contributed by atoms with Crippen molar-refractivity contribution in [1.82, 2.24) is 19.4 Å². The molecule has 0 bridgehead atoms. The molecule has 2 amide bonds. The van der Waals surface area contributed by atoms with Crippen molar-refractivity contribution < 1.29 is 18.0 Å². The first-order valence-corrected chi connectivity index (χ1v) is 12.7. The van der Waals surface area contributed by atoms with Gasteiger partial charge >= 0.3 is 0 Å². The Balaban J connectivity index is 1.46. The minimum Gasteiger partial charge on any atom is -0.352 e. The summed E-state index contributed by atoms with van der Waals surface area (Å²) in [7, 11) is -0.728. The van der Waals surface area contributed by atoms with Crippen LogP contribution >= 0.6 is 11.6 Å². The Morgan fingerprint density at radius 1 is 1.19 bits per heavy atom. The summed E-state index contributed by atoms with van der Waals surface area (Å²) in [5, 5.41) is 6.06. The lowest BCUT2D eigenvalue weighted by molar-refractivity contribution is -0.126. The van der Waals surface area contributed by atoms with Crippen LogP contribution in [0.1, 0.15) is 26.2 Å². The van der Waals surface area contributed by atoms with Gasteiger partial charge in [0.15, 0.2) is 0 Å². The van der Waals surface area contributed by atoms with Crippen molar-refractivity contribution in [1.29, 1.82) is 0 Å². The van der Waals surface area contributed by atoms with E-state index in [1.807, 2.05) is 6.92 Å². The van der Waals surface area contributed by atoms with Crippen LogP contribution in [0.25, 0.3) is 0 Å². The number of hydrogen-bond donors (Lipinski definition) is 2. The van der Waals surface area contributed by atoms with Gasteiger partial charge in [0.1, 0.15) is 0 Å². The molecule has 1 atom stereocenters. The molecule has 11 heteroatoms. The van der Waals surface area contributed by atoms with Crippen LogP contribution < -0.4 is 10.6 Å². The van der Waals surface area contributed by atoms with Crippen LogP contribution in [0.2, 0.25) is 5.02 Å². The highest BCUT2D eigenvalue weighted by atomic mass is 35.5. The van der Waals surface area contributed by atoms with E-state index < -0.39 is 10.0 Å². The summed E-state index contributed by atoms with van der Waals surface area (Å²) >= 11 is 6.15. The summed E-state index contributed by atoms with van der Waals surface area (Å²) in [6.07, 6.45) is 2.42. The molecule has 1 aromatic carbocycles. The average molecular weight is 486 g/mol. The molecule has 0 spiro atoms. The zero-order chi connectivity index (χ0) is 23.5. The largest absolute Gasteiger partial charge is 0.352 e. The lowest BCUT2D eigenvalue weighted by atomic mass is 10.2. The number of anilines is 1. The molecular formula is C21H32ClN5O4S. The van der Waals surface area contributed by atoms with Gasteiger partial charge in [0.25, 0.3) is 0 Å². The Hall–Kier alpha value is -1.72. The molecule has 9 nitrogen and oxygen atoms in total. The molecule has 1 heterocycles. The zero-order valence-electron chi connectivity index (χ0n) is 18.8. The third kappa shape index (κ3) is 6.41. The van der Waals surface area contributed by atoms with Crippen LogP contribution in [0.15, 0.2) is 23.1 Å². The molecule has 2 N–H and O–H groups in total. The third-order valence-corrected chi connectivity index (χ3v) is 8.04. The summed E-state index contributed by atoms with van der Waals surface area (Å²) in [6, 6.07) is 4.48. The van der Waals surface area contributed by atoms with E-state index in [-0.39, 0.29) is 39.9 Å². The molecule has 178 valence electrons. The van der Waals surface area contributed by atoms with Gasteiger partial charge in [0, 0.05) is 59.3 Å². The van der Waals surface area contributed by atoms with Gasteiger partial charge in [-0.1, -0.05) is 11.6 Å². The van der Waals surface area contributed by atoms with E-state index in [9.17, 15) is 18.0 Å². The fourth-order valence-corrected chi connectivity index (χ4v) is 4.63. The maximum Gasteiger partial charge on any atom is 0.242 e. The van der Waals surface area contributed by atoms with Crippen LogP contribution in [-0.4, -0.2) is 93.2 Å². The SMILES string of the molecule is CC(C(=O)NC1CC1)N1CCN(CCC(=O)Nc2cc(S(=O)(=O)N(C)C)ccc2Cl)CC1. The molecule has 0 radical (unpaired) electrons.